The summed E-state index contributed by atoms with van der Waals surface area (Å²) in [4.78, 5) is 17.0. The molecule has 0 aliphatic carbocycles. The fraction of sp³-hybridized carbons (Fsp3) is 0.444. The van der Waals surface area contributed by atoms with Crippen LogP contribution in [0.4, 0.5) is 0 Å². The lowest BCUT2D eigenvalue weighted by molar-refractivity contribution is 0.0628. The van der Waals surface area contributed by atoms with Gasteiger partial charge in [-0.05, 0) is 25.1 Å². The number of carbonyl (C=O) groups is 1. The summed E-state index contributed by atoms with van der Waals surface area (Å²) in [6.45, 7) is 6.38. The average molecular weight is 342 g/mol. The molecular weight excluding hydrogens is 320 g/mol. The number of hydrogen-bond donors (Lipinski definition) is 0. The Morgan fingerprint density at radius 3 is 2.64 bits per heavy atom. The molecule has 25 heavy (non-hydrogen) atoms. The number of piperazine rings is 1. The average Bonchev–Trinajstić information content (AvgIpc) is 3.23. The van der Waals surface area contributed by atoms with Gasteiger partial charge in [0.05, 0.1) is 6.20 Å². The number of carbonyl (C=O) groups excluding carboxylic acids is 1. The Labute approximate surface area is 146 Å². The van der Waals surface area contributed by atoms with E-state index in [1.165, 1.54) is 11.3 Å². The van der Waals surface area contributed by atoms with Crippen molar-refractivity contribution in [2.45, 2.75) is 13.5 Å². The van der Waals surface area contributed by atoms with Crippen LogP contribution in [0.1, 0.15) is 21.6 Å². The van der Waals surface area contributed by atoms with Crippen LogP contribution in [0, 0.1) is 6.92 Å². The molecule has 7 nitrogen and oxygen atoms in total. The van der Waals surface area contributed by atoms with Crippen molar-refractivity contribution in [1.82, 2.24) is 19.6 Å². The molecule has 1 aromatic carbocycles. The largest absolute Gasteiger partial charge is 0.454 e. The van der Waals surface area contributed by atoms with Gasteiger partial charge in [-0.2, -0.15) is 5.10 Å². The summed E-state index contributed by atoms with van der Waals surface area (Å²) < 4.78 is 12.6. The standard InChI is InChI=1S/C18H22N4O3/c1-13-15(10-19-20(13)2)11-21-5-7-22(8-6-21)18(23)14-3-4-16-17(9-14)25-12-24-16/h3-4,9-10H,5-8,11-12H2,1-2H3. The smallest absolute Gasteiger partial charge is 0.254 e. The lowest BCUT2D eigenvalue weighted by Gasteiger charge is -2.34. The van der Waals surface area contributed by atoms with Crippen molar-refractivity contribution in [2.24, 2.45) is 7.05 Å². The highest BCUT2D eigenvalue weighted by Crippen LogP contribution is 2.32. The molecule has 0 bridgehead atoms. The van der Waals surface area contributed by atoms with Crippen LogP contribution >= 0.6 is 0 Å². The Morgan fingerprint density at radius 2 is 1.92 bits per heavy atom. The monoisotopic (exact) mass is 342 g/mol. The Balaban J connectivity index is 1.36. The second-order valence-corrected chi connectivity index (χ2v) is 6.52. The molecule has 1 saturated heterocycles. The third-order valence-electron chi connectivity index (χ3n) is 5.01. The van der Waals surface area contributed by atoms with E-state index in [2.05, 4.69) is 16.9 Å². The fourth-order valence-electron chi connectivity index (χ4n) is 3.26. The number of amides is 1. The summed E-state index contributed by atoms with van der Waals surface area (Å²) in [5.74, 6) is 1.40. The highest BCUT2D eigenvalue weighted by molar-refractivity contribution is 5.95. The van der Waals surface area contributed by atoms with E-state index in [1.807, 2.05) is 22.8 Å². The van der Waals surface area contributed by atoms with Crippen LogP contribution in [0.5, 0.6) is 11.5 Å². The zero-order valence-electron chi connectivity index (χ0n) is 14.6. The normalized spacial score (nSPS) is 17.1. The van der Waals surface area contributed by atoms with E-state index < -0.39 is 0 Å². The number of nitrogens with zero attached hydrogens (tertiary/aromatic N) is 4. The summed E-state index contributed by atoms with van der Waals surface area (Å²) >= 11 is 0. The topological polar surface area (TPSA) is 59.8 Å². The van der Waals surface area contributed by atoms with Crippen molar-refractivity contribution in [1.29, 1.82) is 0 Å². The van der Waals surface area contributed by atoms with Gasteiger partial charge in [-0.25, -0.2) is 0 Å². The molecule has 0 N–H and O–H groups in total. The first-order chi connectivity index (χ1) is 12.1. The van der Waals surface area contributed by atoms with Gasteiger partial charge in [-0.3, -0.25) is 14.4 Å². The molecule has 0 unspecified atom stereocenters. The third kappa shape index (κ3) is 3.07. The van der Waals surface area contributed by atoms with Gasteiger partial charge in [0.1, 0.15) is 0 Å². The molecule has 2 aliphatic rings. The molecule has 1 fully saturated rings. The van der Waals surface area contributed by atoms with Gasteiger partial charge >= 0.3 is 0 Å². The number of rotatable bonds is 3. The number of fused-ring (bicyclic) bond motifs is 1. The SMILES string of the molecule is Cc1c(CN2CCN(C(=O)c3ccc4c(c3)OCO4)CC2)cnn1C. The van der Waals surface area contributed by atoms with Gasteiger partial charge in [0.25, 0.3) is 5.91 Å². The maximum atomic E-state index is 12.7. The van der Waals surface area contributed by atoms with Crippen molar-refractivity contribution in [2.75, 3.05) is 33.0 Å². The van der Waals surface area contributed by atoms with E-state index >= 15 is 0 Å². The van der Waals surface area contributed by atoms with Crippen LogP contribution in [-0.4, -0.2) is 58.5 Å². The van der Waals surface area contributed by atoms with Crippen molar-refractivity contribution in [3.63, 3.8) is 0 Å². The van der Waals surface area contributed by atoms with Crippen LogP contribution in [0.25, 0.3) is 0 Å². The van der Waals surface area contributed by atoms with Crippen LogP contribution in [0.3, 0.4) is 0 Å². The highest BCUT2D eigenvalue weighted by Gasteiger charge is 2.24. The minimum Gasteiger partial charge on any atom is -0.454 e. The molecule has 2 aromatic rings. The maximum absolute atomic E-state index is 12.7. The van der Waals surface area contributed by atoms with Gasteiger partial charge in [-0.15, -0.1) is 0 Å². The second kappa shape index (κ2) is 6.40. The van der Waals surface area contributed by atoms with Gasteiger partial charge in [0, 0.05) is 56.6 Å². The molecule has 132 valence electrons. The minimum absolute atomic E-state index is 0.0514. The first-order valence-electron chi connectivity index (χ1n) is 8.50. The van der Waals surface area contributed by atoms with Crippen molar-refractivity contribution in [3.05, 3.63) is 41.2 Å². The quantitative estimate of drug-likeness (QED) is 0.844. The zero-order chi connectivity index (χ0) is 17.4. The number of benzene rings is 1. The molecule has 2 aliphatic heterocycles. The molecule has 0 atom stereocenters. The summed E-state index contributed by atoms with van der Waals surface area (Å²) in [5.41, 5.74) is 3.10. The van der Waals surface area contributed by atoms with E-state index in [-0.39, 0.29) is 12.7 Å². The van der Waals surface area contributed by atoms with E-state index in [1.54, 1.807) is 18.2 Å². The summed E-state index contributed by atoms with van der Waals surface area (Å²) in [7, 11) is 1.96. The van der Waals surface area contributed by atoms with E-state index in [0.29, 0.717) is 17.1 Å². The Hall–Kier alpha value is -2.54. The number of ether oxygens (including phenoxy) is 2. The van der Waals surface area contributed by atoms with Crippen molar-refractivity contribution < 1.29 is 14.3 Å². The van der Waals surface area contributed by atoms with Crippen LogP contribution in [0.15, 0.2) is 24.4 Å². The van der Waals surface area contributed by atoms with E-state index in [9.17, 15) is 4.79 Å². The van der Waals surface area contributed by atoms with Crippen LogP contribution in [-0.2, 0) is 13.6 Å². The number of hydrogen-bond acceptors (Lipinski definition) is 5. The molecule has 4 rings (SSSR count). The summed E-state index contributed by atoms with van der Waals surface area (Å²) in [6.07, 6.45) is 1.93. The molecule has 1 amide bonds. The van der Waals surface area contributed by atoms with Crippen LogP contribution in [0.2, 0.25) is 0 Å². The van der Waals surface area contributed by atoms with Crippen molar-refractivity contribution >= 4 is 5.91 Å². The van der Waals surface area contributed by atoms with Gasteiger partial charge in [-0.1, -0.05) is 0 Å². The molecule has 0 saturated carbocycles. The predicted molar refractivity (Wildman–Crippen MR) is 91.7 cm³/mol. The molecule has 0 spiro atoms. The molecule has 3 heterocycles. The first-order valence-corrected chi connectivity index (χ1v) is 8.50. The van der Waals surface area contributed by atoms with E-state index in [4.69, 9.17) is 9.47 Å². The zero-order valence-corrected chi connectivity index (χ0v) is 14.6. The second-order valence-electron chi connectivity index (χ2n) is 6.52. The highest BCUT2D eigenvalue weighted by atomic mass is 16.7. The molecule has 1 aromatic heterocycles. The van der Waals surface area contributed by atoms with Gasteiger partial charge < -0.3 is 14.4 Å². The Morgan fingerprint density at radius 1 is 1.16 bits per heavy atom. The summed E-state index contributed by atoms with van der Waals surface area (Å²) in [6, 6.07) is 5.38. The Kier molecular flexibility index (Phi) is 4.09. The lowest BCUT2D eigenvalue weighted by atomic mass is 10.1. The third-order valence-corrected chi connectivity index (χ3v) is 5.01. The molecule has 0 radical (unpaired) electrons. The lowest BCUT2D eigenvalue weighted by Crippen LogP contribution is -2.48. The number of aryl methyl sites for hydroxylation is 1. The minimum atomic E-state index is 0.0514. The van der Waals surface area contributed by atoms with Crippen molar-refractivity contribution in [3.8, 4) is 11.5 Å². The fourth-order valence-corrected chi connectivity index (χ4v) is 3.26. The molecular formula is C18H22N4O3. The predicted octanol–water partition coefficient (Wildman–Crippen LogP) is 1.42. The van der Waals surface area contributed by atoms with Crippen LogP contribution < -0.4 is 9.47 Å². The Bertz CT molecular complexity index is 794. The maximum Gasteiger partial charge on any atom is 0.254 e. The first kappa shape index (κ1) is 16.0. The molecule has 7 heteroatoms. The summed E-state index contributed by atoms with van der Waals surface area (Å²) in [5, 5.41) is 4.30. The van der Waals surface area contributed by atoms with Gasteiger partial charge in [0.15, 0.2) is 11.5 Å². The van der Waals surface area contributed by atoms with Gasteiger partial charge in [0.2, 0.25) is 6.79 Å². The number of aromatic nitrogens is 2. The van der Waals surface area contributed by atoms with E-state index in [0.717, 1.165) is 32.7 Å².